The van der Waals surface area contributed by atoms with Crippen LogP contribution in [-0.2, 0) is 9.59 Å². The maximum Gasteiger partial charge on any atom is 0.322 e. The molecule has 2 aliphatic rings. The Morgan fingerprint density at radius 3 is 2.75 bits per heavy atom. The quantitative estimate of drug-likeness (QED) is 0.679. The molecule has 0 aromatic carbocycles. The Morgan fingerprint density at radius 1 is 1.44 bits per heavy atom. The van der Waals surface area contributed by atoms with E-state index in [4.69, 9.17) is 0 Å². The standard InChI is InChI=1S/C11H16N2O3/c1-7(14)6-8-4-2-3-5-11(8)9(15)12-10(16)13-11/h8H,2-6H2,1H3,(H2,12,13,15,16). The predicted molar refractivity (Wildman–Crippen MR) is 56.7 cm³/mol. The highest BCUT2D eigenvalue weighted by Crippen LogP contribution is 2.38. The van der Waals surface area contributed by atoms with Gasteiger partial charge in [0.25, 0.3) is 5.91 Å². The molecule has 2 N–H and O–H groups in total. The first-order chi connectivity index (χ1) is 7.54. The summed E-state index contributed by atoms with van der Waals surface area (Å²) >= 11 is 0. The van der Waals surface area contributed by atoms with E-state index in [0.717, 1.165) is 19.3 Å². The van der Waals surface area contributed by atoms with Crippen molar-refractivity contribution in [3.8, 4) is 0 Å². The van der Waals surface area contributed by atoms with E-state index in [0.29, 0.717) is 12.8 Å². The van der Waals surface area contributed by atoms with Crippen molar-refractivity contribution in [1.29, 1.82) is 0 Å². The highest BCUT2D eigenvalue weighted by atomic mass is 16.2. The van der Waals surface area contributed by atoms with Crippen molar-refractivity contribution in [3.05, 3.63) is 0 Å². The molecule has 5 heteroatoms. The molecule has 5 nitrogen and oxygen atoms in total. The number of rotatable bonds is 2. The van der Waals surface area contributed by atoms with Gasteiger partial charge in [0.05, 0.1) is 0 Å². The summed E-state index contributed by atoms with van der Waals surface area (Å²) in [7, 11) is 0. The fourth-order valence-electron chi connectivity index (χ4n) is 2.84. The van der Waals surface area contributed by atoms with Crippen LogP contribution in [0.15, 0.2) is 0 Å². The summed E-state index contributed by atoms with van der Waals surface area (Å²) in [5.74, 6) is -0.242. The van der Waals surface area contributed by atoms with Gasteiger partial charge in [0.15, 0.2) is 0 Å². The first-order valence-corrected chi connectivity index (χ1v) is 5.67. The van der Waals surface area contributed by atoms with Gasteiger partial charge in [-0.1, -0.05) is 12.8 Å². The van der Waals surface area contributed by atoms with E-state index in [2.05, 4.69) is 10.6 Å². The summed E-state index contributed by atoms with van der Waals surface area (Å²) in [5, 5.41) is 5.00. The van der Waals surface area contributed by atoms with Crippen molar-refractivity contribution < 1.29 is 14.4 Å². The highest BCUT2D eigenvalue weighted by Gasteiger charge is 2.52. The van der Waals surface area contributed by atoms with Crippen LogP contribution in [0.4, 0.5) is 4.79 Å². The minimum Gasteiger partial charge on any atom is -0.323 e. The topological polar surface area (TPSA) is 75.3 Å². The number of urea groups is 1. The molecular formula is C11H16N2O3. The second-order valence-electron chi connectivity index (χ2n) is 4.73. The summed E-state index contributed by atoms with van der Waals surface area (Å²) in [6, 6.07) is -0.430. The molecule has 0 aromatic rings. The largest absolute Gasteiger partial charge is 0.323 e. The van der Waals surface area contributed by atoms with Gasteiger partial charge in [-0.25, -0.2) is 4.79 Å². The van der Waals surface area contributed by atoms with E-state index < -0.39 is 11.6 Å². The average molecular weight is 224 g/mol. The van der Waals surface area contributed by atoms with Crippen LogP contribution in [0.2, 0.25) is 0 Å². The number of ketones is 1. The van der Waals surface area contributed by atoms with Gasteiger partial charge in [-0.2, -0.15) is 0 Å². The third-order valence-electron chi connectivity index (χ3n) is 3.57. The highest BCUT2D eigenvalue weighted by molar-refractivity contribution is 6.07. The van der Waals surface area contributed by atoms with Crippen LogP contribution < -0.4 is 10.6 Å². The first kappa shape index (κ1) is 11.1. The molecule has 0 radical (unpaired) electrons. The van der Waals surface area contributed by atoms with E-state index in [1.807, 2.05) is 0 Å². The van der Waals surface area contributed by atoms with Crippen molar-refractivity contribution in [2.24, 2.45) is 5.92 Å². The lowest BCUT2D eigenvalue weighted by Crippen LogP contribution is -2.55. The van der Waals surface area contributed by atoms with Crippen molar-refractivity contribution in [1.82, 2.24) is 10.6 Å². The fourth-order valence-corrected chi connectivity index (χ4v) is 2.84. The van der Waals surface area contributed by atoms with Crippen LogP contribution in [0, 0.1) is 5.92 Å². The van der Waals surface area contributed by atoms with E-state index >= 15 is 0 Å². The number of amides is 3. The summed E-state index contributed by atoms with van der Waals surface area (Å²) < 4.78 is 0. The predicted octanol–water partition coefficient (Wildman–Crippen LogP) is 0.734. The molecule has 1 saturated heterocycles. The number of carbonyl (C=O) groups is 3. The molecule has 0 aromatic heterocycles. The molecule has 2 rings (SSSR count). The van der Waals surface area contributed by atoms with Gasteiger partial charge < -0.3 is 10.1 Å². The van der Waals surface area contributed by atoms with Gasteiger partial charge in [-0.05, 0) is 25.7 Å². The van der Waals surface area contributed by atoms with Crippen LogP contribution in [0.1, 0.15) is 39.0 Å². The van der Waals surface area contributed by atoms with E-state index in [9.17, 15) is 14.4 Å². The monoisotopic (exact) mass is 224 g/mol. The van der Waals surface area contributed by atoms with Crippen LogP contribution in [0.3, 0.4) is 0 Å². The molecule has 1 heterocycles. The van der Waals surface area contributed by atoms with Crippen molar-refractivity contribution in [2.75, 3.05) is 0 Å². The van der Waals surface area contributed by atoms with Crippen molar-refractivity contribution >= 4 is 17.7 Å². The maximum absolute atomic E-state index is 11.8. The van der Waals surface area contributed by atoms with Gasteiger partial charge in [0, 0.05) is 6.42 Å². The Hall–Kier alpha value is -1.39. The zero-order valence-electron chi connectivity index (χ0n) is 9.34. The Kier molecular flexibility index (Phi) is 2.69. The lowest BCUT2D eigenvalue weighted by molar-refractivity contribution is -0.128. The molecule has 1 saturated carbocycles. The van der Waals surface area contributed by atoms with Crippen LogP contribution >= 0.6 is 0 Å². The lowest BCUT2D eigenvalue weighted by Gasteiger charge is -2.38. The van der Waals surface area contributed by atoms with Gasteiger partial charge in [-0.3, -0.25) is 10.1 Å². The van der Waals surface area contributed by atoms with Crippen LogP contribution in [-0.4, -0.2) is 23.3 Å². The van der Waals surface area contributed by atoms with E-state index in [1.54, 1.807) is 0 Å². The molecule has 2 atom stereocenters. The number of carbonyl (C=O) groups excluding carboxylic acids is 3. The number of hydrogen-bond acceptors (Lipinski definition) is 3. The summed E-state index contributed by atoms with van der Waals surface area (Å²) in [6.07, 6.45) is 3.77. The molecule has 1 spiro atoms. The normalized spacial score (nSPS) is 33.7. The minimum atomic E-state index is -0.818. The average Bonchev–Trinajstić information content (AvgIpc) is 2.46. The maximum atomic E-state index is 11.8. The van der Waals surface area contributed by atoms with Crippen molar-refractivity contribution in [3.63, 3.8) is 0 Å². The smallest absolute Gasteiger partial charge is 0.322 e. The molecule has 88 valence electrons. The SMILES string of the molecule is CC(=O)CC1CCCCC12NC(=O)NC2=O. The third kappa shape index (κ3) is 1.70. The molecule has 1 aliphatic heterocycles. The zero-order valence-corrected chi connectivity index (χ0v) is 9.34. The van der Waals surface area contributed by atoms with E-state index in [-0.39, 0.29) is 17.6 Å². The molecular weight excluding hydrogens is 208 g/mol. The summed E-state index contributed by atoms with van der Waals surface area (Å²) in [4.78, 5) is 34.3. The van der Waals surface area contributed by atoms with Crippen LogP contribution in [0.25, 0.3) is 0 Å². The first-order valence-electron chi connectivity index (χ1n) is 5.67. The molecule has 16 heavy (non-hydrogen) atoms. The second-order valence-corrected chi connectivity index (χ2v) is 4.73. The Morgan fingerprint density at radius 2 is 2.19 bits per heavy atom. The molecule has 2 unspecified atom stereocenters. The summed E-state index contributed by atoms with van der Waals surface area (Å²) in [6.45, 7) is 1.52. The number of imide groups is 1. The zero-order chi connectivity index (χ0) is 11.8. The van der Waals surface area contributed by atoms with E-state index in [1.165, 1.54) is 6.92 Å². The number of nitrogens with one attached hydrogen (secondary N) is 2. The van der Waals surface area contributed by atoms with Gasteiger partial charge in [-0.15, -0.1) is 0 Å². The Balaban J connectivity index is 2.24. The van der Waals surface area contributed by atoms with Gasteiger partial charge in [0.1, 0.15) is 11.3 Å². The number of Topliss-reactive ketones (excluding diaryl/α,β-unsaturated/α-hetero) is 1. The fraction of sp³-hybridized carbons (Fsp3) is 0.727. The Labute approximate surface area is 94.0 Å². The molecule has 2 fully saturated rings. The van der Waals surface area contributed by atoms with Crippen LogP contribution in [0.5, 0.6) is 0 Å². The van der Waals surface area contributed by atoms with Gasteiger partial charge >= 0.3 is 6.03 Å². The number of hydrogen-bond donors (Lipinski definition) is 2. The van der Waals surface area contributed by atoms with Crippen molar-refractivity contribution in [2.45, 2.75) is 44.6 Å². The molecule has 1 aliphatic carbocycles. The Bertz CT molecular complexity index is 353. The third-order valence-corrected chi connectivity index (χ3v) is 3.57. The molecule has 3 amide bonds. The second kappa shape index (κ2) is 3.88. The minimum absolute atomic E-state index is 0.0507. The molecule has 0 bridgehead atoms. The lowest BCUT2D eigenvalue weighted by atomic mass is 9.70. The summed E-state index contributed by atoms with van der Waals surface area (Å²) in [5.41, 5.74) is -0.818. The van der Waals surface area contributed by atoms with Gasteiger partial charge in [0.2, 0.25) is 0 Å².